The molecule has 1 aromatic heterocycles. The van der Waals surface area contributed by atoms with Crippen molar-refractivity contribution in [2.24, 2.45) is 5.73 Å². The third kappa shape index (κ3) is 3.30. The van der Waals surface area contributed by atoms with Crippen LogP contribution in [-0.4, -0.2) is 9.78 Å². The molecule has 0 spiro atoms. The number of rotatable bonds is 5. The molecule has 0 aliphatic heterocycles. The van der Waals surface area contributed by atoms with Crippen LogP contribution in [0, 0.1) is 5.82 Å². The van der Waals surface area contributed by atoms with Crippen molar-refractivity contribution in [2.75, 3.05) is 0 Å². The molecule has 1 unspecified atom stereocenters. The number of nitrogens with two attached hydrogens (primary N) is 1. The summed E-state index contributed by atoms with van der Waals surface area (Å²) in [5.41, 5.74) is 8.75. The zero-order valence-corrected chi connectivity index (χ0v) is 14.4. The fraction of sp³-hybridized carbons (Fsp3) is 0.400. The van der Waals surface area contributed by atoms with E-state index >= 15 is 0 Å². The largest absolute Gasteiger partial charge is 0.324 e. The predicted molar refractivity (Wildman–Crippen MR) is 87.0 cm³/mol. The Bertz CT molecular complexity index is 642. The Morgan fingerprint density at radius 1 is 1.43 bits per heavy atom. The first-order valence-electron chi connectivity index (χ1n) is 6.93. The molecule has 0 saturated heterocycles. The van der Waals surface area contributed by atoms with E-state index in [2.05, 4.69) is 21.0 Å². The second kappa shape index (κ2) is 6.90. The van der Waals surface area contributed by atoms with Crippen molar-refractivity contribution in [3.05, 3.63) is 50.5 Å². The zero-order valence-electron chi connectivity index (χ0n) is 12.0. The third-order valence-electron chi connectivity index (χ3n) is 3.49. The smallest absolute Gasteiger partial charge is 0.137 e. The summed E-state index contributed by atoms with van der Waals surface area (Å²) >= 11 is 9.64. The maximum Gasteiger partial charge on any atom is 0.137 e. The minimum absolute atomic E-state index is 0.313. The highest BCUT2D eigenvalue weighted by Crippen LogP contribution is 2.30. The Morgan fingerprint density at radius 3 is 2.76 bits per heavy atom. The fourth-order valence-corrected chi connectivity index (χ4v) is 3.24. The van der Waals surface area contributed by atoms with Gasteiger partial charge in [-0.3, -0.25) is 4.68 Å². The highest BCUT2D eigenvalue weighted by Gasteiger charge is 2.20. The van der Waals surface area contributed by atoms with Gasteiger partial charge in [-0.15, -0.1) is 0 Å². The molecule has 2 aromatic rings. The minimum Gasteiger partial charge on any atom is -0.324 e. The van der Waals surface area contributed by atoms with Gasteiger partial charge in [0.2, 0.25) is 0 Å². The maximum absolute atomic E-state index is 13.6. The van der Waals surface area contributed by atoms with E-state index in [1.165, 1.54) is 6.07 Å². The topological polar surface area (TPSA) is 43.8 Å². The molecule has 2 N–H and O–H groups in total. The van der Waals surface area contributed by atoms with Crippen molar-refractivity contribution >= 4 is 27.5 Å². The molecular formula is C15H18BrClFN3. The van der Waals surface area contributed by atoms with Gasteiger partial charge in [-0.2, -0.15) is 5.10 Å². The summed E-state index contributed by atoms with van der Waals surface area (Å²) < 4.78 is 15.9. The lowest BCUT2D eigenvalue weighted by atomic mass is 10.0. The molecule has 3 nitrogen and oxygen atoms in total. The molecule has 1 heterocycles. The van der Waals surface area contributed by atoms with Gasteiger partial charge in [-0.25, -0.2) is 4.39 Å². The van der Waals surface area contributed by atoms with Crippen LogP contribution >= 0.6 is 27.5 Å². The number of benzene rings is 1. The first kappa shape index (κ1) is 16.5. The van der Waals surface area contributed by atoms with Crippen molar-refractivity contribution in [1.29, 1.82) is 0 Å². The Balaban J connectivity index is 2.33. The molecule has 0 saturated carbocycles. The summed E-state index contributed by atoms with van der Waals surface area (Å²) in [6.07, 6.45) is 1.29. The van der Waals surface area contributed by atoms with Gasteiger partial charge in [-0.05, 0) is 40.9 Å². The molecule has 0 amide bonds. The van der Waals surface area contributed by atoms with Crippen molar-refractivity contribution in [3.8, 4) is 0 Å². The first-order chi connectivity index (χ1) is 9.99. The van der Waals surface area contributed by atoms with Crippen LogP contribution in [-0.2, 0) is 19.4 Å². The normalized spacial score (nSPS) is 12.7. The van der Waals surface area contributed by atoms with Gasteiger partial charge in [0, 0.05) is 19.0 Å². The standard InChI is InChI=1S/C15H18BrClFN3/c1-3-12-15(17)13(21(4-2)20-12)8-11(19)9-6-5-7-10(18)14(9)16/h5-7,11H,3-4,8,19H2,1-2H3. The molecule has 0 fully saturated rings. The molecule has 0 aliphatic rings. The summed E-state index contributed by atoms with van der Waals surface area (Å²) in [7, 11) is 0. The summed E-state index contributed by atoms with van der Waals surface area (Å²) in [4.78, 5) is 0. The highest BCUT2D eigenvalue weighted by atomic mass is 79.9. The van der Waals surface area contributed by atoms with Crippen molar-refractivity contribution < 1.29 is 4.39 Å². The van der Waals surface area contributed by atoms with Gasteiger partial charge >= 0.3 is 0 Å². The Kier molecular flexibility index (Phi) is 5.41. The summed E-state index contributed by atoms with van der Waals surface area (Å²) in [5.74, 6) is -0.313. The first-order valence-corrected chi connectivity index (χ1v) is 8.10. The second-order valence-corrected chi connectivity index (χ2v) is 6.00. The quantitative estimate of drug-likeness (QED) is 0.849. The van der Waals surface area contributed by atoms with Crippen LogP contribution in [0.25, 0.3) is 0 Å². The van der Waals surface area contributed by atoms with Crippen molar-refractivity contribution in [2.45, 2.75) is 39.3 Å². The van der Waals surface area contributed by atoms with Gasteiger partial charge in [0.05, 0.1) is 20.9 Å². The third-order valence-corrected chi connectivity index (χ3v) is 4.76. The van der Waals surface area contributed by atoms with E-state index in [-0.39, 0.29) is 11.9 Å². The van der Waals surface area contributed by atoms with E-state index in [1.54, 1.807) is 6.07 Å². The van der Waals surface area contributed by atoms with Crippen LogP contribution < -0.4 is 5.73 Å². The Labute approximate surface area is 137 Å². The van der Waals surface area contributed by atoms with E-state index in [0.29, 0.717) is 15.9 Å². The molecule has 2 rings (SSSR count). The highest BCUT2D eigenvalue weighted by molar-refractivity contribution is 9.10. The van der Waals surface area contributed by atoms with Crippen molar-refractivity contribution in [1.82, 2.24) is 9.78 Å². The average Bonchev–Trinajstić information content (AvgIpc) is 2.78. The molecule has 6 heteroatoms. The molecule has 0 aliphatic carbocycles. The van der Waals surface area contributed by atoms with Crippen molar-refractivity contribution in [3.63, 3.8) is 0 Å². The zero-order chi connectivity index (χ0) is 15.6. The molecule has 0 bridgehead atoms. The molecule has 1 aromatic carbocycles. The number of nitrogens with zero attached hydrogens (tertiary/aromatic N) is 2. The maximum atomic E-state index is 13.6. The summed E-state index contributed by atoms with van der Waals surface area (Å²) in [6, 6.07) is 4.53. The van der Waals surface area contributed by atoms with Gasteiger partial charge in [0.15, 0.2) is 0 Å². The van der Waals surface area contributed by atoms with Gasteiger partial charge in [0.25, 0.3) is 0 Å². The van der Waals surface area contributed by atoms with E-state index in [0.717, 1.165) is 29.9 Å². The van der Waals surface area contributed by atoms with Gasteiger partial charge in [0.1, 0.15) is 5.82 Å². The summed E-state index contributed by atoms with van der Waals surface area (Å²) in [5, 5.41) is 5.15. The monoisotopic (exact) mass is 373 g/mol. The molecule has 1 atom stereocenters. The molecular weight excluding hydrogens is 357 g/mol. The number of halogens is 3. The average molecular weight is 375 g/mol. The van der Waals surface area contributed by atoms with Gasteiger partial charge in [-0.1, -0.05) is 30.7 Å². The molecule has 114 valence electrons. The summed E-state index contributed by atoms with van der Waals surface area (Å²) in [6.45, 7) is 4.75. The number of aromatic nitrogens is 2. The van der Waals surface area contributed by atoms with E-state index < -0.39 is 0 Å². The van der Waals surface area contributed by atoms with Crippen LogP contribution in [0.15, 0.2) is 22.7 Å². The lowest BCUT2D eigenvalue weighted by molar-refractivity contribution is 0.578. The SMILES string of the molecule is CCc1nn(CC)c(CC(N)c2cccc(F)c2Br)c1Cl. The van der Waals surface area contributed by atoms with Crippen LogP contribution in [0.1, 0.15) is 36.8 Å². The van der Waals surface area contributed by atoms with Crippen LogP contribution in [0.4, 0.5) is 4.39 Å². The number of aryl methyl sites for hydroxylation is 2. The van der Waals surface area contributed by atoms with E-state index in [9.17, 15) is 4.39 Å². The Hall–Kier alpha value is -0.910. The van der Waals surface area contributed by atoms with Crippen LogP contribution in [0.5, 0.6) is 0 Å². The predicted octanol–water partition coefficient (Wildman–Crippen LogP) is 4.26. The number of hydrogen-bond acceptors (Lipinski definition) is 2. The van der Waals surface area contributed by atoms with Crippen LogP contribution in [0.2, 0.25) is 5.02 Å². The molecule has 21 heavy (non-hydrogen) atoms. The number of hydrogen-bond donors (Lipinski definition) is 1. The minimum atomic E-state index is -0.348. The van der Waals surface area contributed by atoms with Crippen LogP contribution in [0.3, 0.4) is 0 Å². The fourth-order valence-electron chi connectivity index (χ4n) is 2.34. The van der Waals surface area contributed by atoms with E-state index in [4.69, 9.17) is 17.3 Å². The lowest BCUT2D eigenvalue weighted by Crippen LogP contribution is -2.17. The second-order valence-electron chi connectivity index (χ2n) is 4.83. The van der Waals surface area contributed by atoms with E-state index in [1.807, 2.05) is 24.6 Å². The van der Waals surface area contributed by atoms with Gasteiger partial charge < -0.3 is 5.73 Å². The molecule has 0 radical (unpaired) electrons. The lowest BCUT2D eigenvalue weighted by Gasteiger charge is -2.15. The Morgan fingerprint density at radius 2 is 2.14 bits per heavy atom.